The molecule has 0 spiro atoms. The maximum atomic E-state index is 12.7. The molecule has 6 nitrogen and oxygen atoms in total. The number of carbonyl (C=O) groups excluding carboxylic acids is 1. The molecular weight excluding hydrogens is 408 g/mol. The van der Waals surface area contributed by atoms with Crippen LogP contribution in [-0.4, -0.2) is 5.97 Å². The maximum absolute atomic E-state index is 12.7. The van der Waals surface area contributed by atoms with Gasteiger partial charge in [0.1, 0.15) is 22.5 Å². The number of esters is 1. The molecule has 0 unspecified atom stereocenters. The molecule has 0 bridgehead atoms. The topological polar surface area (TPSA) is 86.7 Å². The maximum Gasteiger partial charge on any atom is 0.351 e. The average molecular weight is 424 g/mol. The molecule has 0 aliphatic heterocycles. The SMILES string of the molecule is Cc1c(OC(=O)c2cc3ccccc3oc2=O)ccc2c(-c3ccccc3)cc(=O)oc12. The zero-order valence-corrected chi connectivity index (χ0v) is 17.0. The summed E-state index contributed by atoms with van der Waals surface area (Å²) in [4.78, 5) is 37.3. The van der Waals surface area contributed by atoms with Crippen LogP contribution in [0.15, 0.2) is 97.3 Å². The van der Waals surface area contributed by atoms with E-state index in [4.69, 9.17) is 13.6 Å². The fourth-order valence-corrected chi connectivity index (χ4v) is 3.67. The average Bonchev–Trinajstić information content (AvgIpc) is 2.80. The molecule has 2 aromatic heterocycles. The van der Waals surface area contributed by atoms with Gasteiger partial charge in [-0.15, -0.1) is 0 Å². The van der Waals surface area contributed by atoms with Gasteiger partial charge in [-0.2, -0.15) is 0 Å². The highest BCUT2D eigenvalue weighted by molar-refractivity contribution is 5.97. The van der Waals surface area contributed by atoms with Crippen LogP contribution in [0.2, 0.25) is 0 Å². The highest BCUT2D eigenvalue weighted by Gasteiger charge is 2.19. The first-order valence-electron chi connectivity index (χ1n) is 9.89. The van der Waals surface area contributed by atoms with Crippen LogP contribution in [0.1, 0.15) is 15.9 Å². The van der Waals surface area contributed by atoms with E-state index in [9.17, 15) is 14.4 Å². The minimum absolute atomic E-state index is 0.184. The molecule has 5 rings (SSSR count). The van der Waals surface area contributed by atoms with E-state index in [-0.39, 0.29) is 11.3 Å². The fourth-order valence-electron chi connectivity index (χ4n) is 3.67. The number of rotatable bonds is 3. The Hall–Kier alpha value is -4.45. The van der Waals surface area contributed by atoms with E-state index < -0.39 is 17.2 Å². The van der Waals surface area contributed by atoms with Crippen molar-refractivity contribution < 1.29 is 18.4 Å². The van der Waals surface area contributed by atoms with Crippen molar-refractivity contribution in [1.29, 1.82) is 0 Å². The zero-order chi connectivity index (χ0) is 22.2. The van der Waals surface area contributed by atoms with Gasteiger partial charge < -0.3 is 13.6 Å². The van der Waals surface area contributed by atoms with Crippen molar-refractivity contribution >= 4 is 27.9 Å². The number of benzene rings is 3. The van der Waals surface area contributed by atoms with Gasteiger partial charge >= 0.3 is 17.2 Å². The van der Waals surface area contributed by atoms with Crippen LogP contribution < -0.4 is 16.0 Å². The molecule has 0 saturated carbocycles. The lowest BCUT2D eigenvalue weighted by molar-refractivity contribution is 0.0729. The van der Waals surface area contributed by atoms with Crippen LogP contribution >= 0.6 is 0 Å². The van der Waals surface area contributed by atoms with Crippen molar-refractivity contribution in [2.45, 2.75) is 6.92 Å². The Bertz CT molecular complexity index is 1610. The molecule has 0 aliphatic rings. The van der Waals surface area contributed by atoms with Crippen molar-refractivity contribution in [3.05, 3.63) is 111 Å². The highest BCUT2D eigenvalue weighted by atomic mass is 16.5. The first kappa shape index (κ1) is 19.5. The van der Waals surface area contributed by atoms with Crippen molar-refractivity contribution in [2.75, 3.05) is 0 Å². The minimum atomic E-state index is -0.853. The van der Waals surface area contributed by atoms with E-state index in [1.165, 1.54) is 12.1 Å². The lowest BCUT2D eigenvalue weighted by atomic mass is 10.0. The summed E-state index contributed by atoms with van der Waals surface area (Å²) in [6, 6.07) is 22.6. The molecular formula is C26H16O6. The van der Waals surface area contributed by atoms with Crippen molar-refractivity contribution in [2.24, 2.45) is 0 Å². The van der Waals surface area contributed by atoms with Gasteiger partial charge in [-0.1, -0.05) is 48.5 Å². The van der Waals surface area contributed by atoms with E-state index in [1.54, 1.807) is 43.3 Å². The normalized spacial score (nSPS) is 11.0. The molecule has 6 heteroatoms. The summed E-state index contributed by atoms with van der Waals surface area (Å²) >= 11 is 0. The Balaban J connectivity index is 1.58. The summed E-state index contributed by atoms with van der Waals surface area (Å²) in [6.07, 6.45) is 0. The number of hydrogen-bond acceptors (Lipinski definition) is 6. The Morgan fingerprint density at radius 2 is 1.59 bits per heavy atom. The summed E-state index contributed by atoms with van der Waals surface area (Å²) in [5.74, 6) is -0.670. The van der Waals surface area contributed by atoms with Crippen molar-refractivity contribution in [3.63, 3.8) is 0 Å². The monoisotopic (exact) mass is 424 g/mol. The molecule has 0 fully saturated rings. The van der Waals surface area contributed by atoms with Crippen LogP contribution in [0.5, 0.6) is 5.75 Å². The van der Waals surface area contributed by atoms with E-state index in [0.29, 0.717) is 33.1 Å². The summed E-state index contributed by atoms with van der Waals surface area (Å²) in [5, 5.41) is 1.31. The summed E-state index contributed by atoms with van der Waals surface area (Å²) in [6.45, 7) is 1.69. The number of hydrogen-bond donors (Lipinski definition) is 0. The molecule has 5 aromatic rings. The smallest absolute Gasteiger partial charge is 0.351 e. The molecule has 0 amide bonds. The molecule has 32 heavy (non-hydrogen) atoms. The van der Waals surface area contributed by atoms with Gasteiger partial charge in [0.25, 0.3) is 0 Å². The second-order valence-corrected chi connectivity index (χ2v) is 7.29. The lowest BCUT2D eigenvalue weighted by Gasteiger charge is -2.11. The zero-order valence-electron chi connectivity index (χ0n) is 17.0. The number of para-hydroxylation sites is 1. The van der Waals surface area contributed by atoms with Gasteiger partial charge in [0.05, 0.1) is 0 Å². The van der Waals surface area contributed by atoms with Gasteiger partial charge in [0.15, 0.2) is 0 Å². The molecule has 2 heterocycles. The number of aryl methyl sites for hydroxylation is 1. The van der Waals surface area contributed by atoms with Crippen LogP contribution in [0.3, 0.4) is 0 Å². The second-order valence-electron chi connectivity index (χ2n) is 7.29. The quantitative estimate of drug-likeness (QED) is 0.228. The van der Waals surface area contributed by atoms with Crippen LogP contribution in [0, 0.1) is 6.92 Å². The summed E-state index contributed by atoms with van der Waals surface area (Å²) < 4.78 is 16.1. The van der Waals surface area contributed by atoms with Gasteiger partial charge in [-0.3, -0.25) is 0 Å². The Labute approximate surface area is 181 Å². The largest absolute Gasteiger partial charge is 0.422 e. The highest BCUT2D eigenvalue weighted by Crippen LogP contribution is 2.33. The summed E-state index contributed by atoms with van der Waals surface area (Å²) in [7, 11) is 0. The minimum Gasteiger partial charge on any atom is -0.422 e. The standard InChI is InChI=1S/C26H16O6/c1-15-21(30-25(28)20-13-17-9-5-6-10-22(17)31-26(20)29)12-11-18-19(14-23(27)32-24(15)18)16-7-3-2-4-8-16/h2-14H,1H3. The van der Waals surface area contributed by atoms with E-state index in [0.717, 1.165) is 5.56 Å². The third-order valence-corrected chi connectivity index (χ3v) is 5.26. The molecule has 0 radical (unpaired) electrons. The Morgan fingerprint density at radius 1 is 0.844 bits per heavy atom. The van der Waals surface area contributed by atoms with Gasteiger partial charge in [0.2, 0.25) is 0 Å². The van der Waals surface area contributed by atoms with Crippen LogP contribution in [0.4, 0.5) is 0 Å². The van der Waals surface area contributed by atoms with Crippen LogP contribution in [-0.2, 0) is 0 Å². The van der Waals surface area contributed by atoms with Gasteiger partial charge in [-0.05, 0) is 42.3 Å². The predicted molar refractivity (Wildman–Crippen MR) is 120 cm³/mol. The molecule has 0 N–H and O–H groups in total. The number of ether oxygens (including phenoxy) is 1. The van der Waals surface area contributed by atoms with Crippen molar-refractivity contribution in [3.8, 4) is 16.9 Å². The molecule has 0 atom stereocenters. The second kappa shape index (κ2) is 7.67. The van der Waals surface area contributed by atoms with E-state index in [2.05, 4.69) is 0 Å². The molecule has 0 aliphatic carbocycles. The van der Waals surface area contributed by atoms with E-state index in [1.807, 2.05) is 30.3 Å². The van der Waals surface area contributed by atoms with Crippen molar-refractivity contribution in [1.82, 2.24) is 0 Å². The first-order chi connectivity index (χ1) is 15.5. The van der Waals surface area contributed by atoms with Gasteiger partial charge in [0, 0.05) is 22.4 Å². The number of fused-ring (bicyclic) bond motifs is 2. The molecule has 3 aromatic carbocycles. The van der Waals surface area contributed by atoms with Gasteiger partial charge in [-0.25, -0.2) is 14.4 Å². The predicted octanol–water partition coefficient (Wildman–Crippen LogP) is 5.09. The Kier molecular flexibility index (Phi) is 4.67. The third kappa shape index (κ3) is 3.37. The molecule has 156 valence electrons. The molecule has 0 saturated heterocycles. The van der Waals surface area contributed by atoms with E-state index >= 15 is 0 Å². The number of carbonyl (C=O) groups is 1. The third-order valence-electron chi connectivity index (χ3n) is 5.26. The summed E-state index contributed by atoms with van der Waals surface area (Å²) in [5.41, 5.74) is 1.22. The van der Waals surface area contributed by atoms with Crippen LogP contribution in [0.25, 0.3) is 33.1 Å². The fraction of sp³-hybridized carbons (Fsp3) is 0.0385. The first-order valence-corrected chi connectivity index (χ1v) is 9.89. The Morgan fingerprint density at radius 3 is 2.41 bits per heavy atom. The lowest BCUT2D eigenvalue weighted by Crippen LogP contribution is -2.19.